The van der Waals surface area contributed by atoms with Crippen LogP contribution in [0.15, 0.2) is 24.3 Å². The number of amides is 1. The van der Waals surface area contributed by atoms with E-state index in [2.05, 4.69) is 37.9 Å². The number of nitrogens with zero attached hydrogens (tertiary/aromatic N) is 1. The molecule has 0 saturated carbocycles. The number of nitrogens with one attached hydrogen (secondary N) is 1. The molecule has 2 rings (SSSR count). The maximum atomic E-state index is 12.7. The molecule has 1 aliphatic rings. The molecule has 1 fully saturated rings. The predicted octanol–water partition coefficient (Wildman–Crippen LogP) is 5.14. The van der Waals surface area contributed by atoms with Crippen molar-refractivity contribution in [1.82, 2.24) is 10.2 Å². The molecule has 1 unspecified atom stereocenters. The number of hydrogen-bond acceptors (Lipinski definition) is 2. The van der Waals surface area contributed by atoms with Crippen LogP contribution < -0.4 is 5.32 Å². The molecule has 1 heterocycles. The van der Waals surface area contributed by atoms with Crippen LogP contribution in [0.5, 0.6) is 0 Å². The average Bonchev–Trinajstić information content (AvgIpc) is 2.51. The summed E-state index contributed by atoms with van der Waals surface area (Å²) in [6.07, 6.45) is 1.43. The van der Waals surface area contributed by atoms with E-state index in [0.717, 1.165) is 25.9 Å². The Morgan fingerprint density at radius 1 is 1.12 bits per heavy atom. The Hall–Kier alpha value is -0.480. The molecule has 0 spiro atoms. The van der Waals surface area contributed by atoms with E-state index < -0.39 is 9.96 Å². The van der Waals surface area contributed by atoms with E-state index in [1.165, 1.54) is 5.56 Å². The summed E-state index contributed by atoms with van der Waals surface area (Å²) in [5.41, 5.74) is 1.78. The Bertz CT molecular complexity index is 582. The molecule has 1 aromatic carbocycles. The van der Waals surface area contributed by atoms with Gasteiger partial charge in [-0.1, -0.05) is 74.6 Å². The Morgan fingerprint density at radius 3 is 2.08 bits per heavy atom. The average molecular weight is 406 g/mol. The van der Waals surface area contributed by atoms with Crippen LogP contribution in [0.3, 0.4) is 0 Å². The van der Waals surface area contributed by atoms with Gasteiger partial charge in [0.1, 0.15) is 6.17 Å². The van der Waals surface area contributed by atoms with Crippen molar-refractivity contribution in [1.29, 1.82) is 0 Å². The van der Waals surface area contributed by atoms with E-state index in [4.69, 9.17) is 34.8 Å². The molecule has 0 aromatic heterocycles. The third kappa shape index (κ3) is 5.75. The van der Waals surface area contributed by atoms with Gasteiger partial charge < -0.3 is 5.32 Å². The monoisotopic (exact) mass is 404 g/mol. The minimum absolute atomic E-state index is 0.0413. The molecule has 0 aliphatic carbocycles. The van der Waals surface area contributed by atoms with Crippen LogP contribution in [0.1, 0.15) is 56.5 Å². The molecule has 1 aromatic rings. The van der Waals surface area contributed by atoms with E-state index in [1.54, 1.807) is 0 Å². The second kappa shape index (κ2) is 8.04. The number of rotatable bonds is 3. The first-order valence-electron chi connectivity index (χ1n) is 8.70. The van der Waals surface area contributed by atoms with Gasteiger partial charge in [0.05, 0.1) is 0 Å². The fraction of sp³-hybridized carbons (Fsp3) is 0.632. The summed E-state index contributed by atoms with van der Waals surface area (Å²) in [6.45, 7) is 10.2. The molecule has 1 amide bonds. The first-order chi connectivity index (χ1) is 11.5. The third-order valence-corrected chi connectivity index (χ3v) is 5.39. The fourth-order valence-electron chi connectivity index (χ4n) is 3.00. The summed E-state index contributed by atoms with van der Waals surface area (Å²) >= 11 is 18.5. The first kappa shape index (κ1) is 20.8. The van der Waals surface area contributed by atoms with Crippen LogP contribution in [0.25, 0.3) is 0 Å². The highest BCUT2D eigenvalue weighted by Crippen LogP contribution is 2.34. The van der Waals surface area contributed by atoms with E-state index in [0.29, 0.717) is 11.5 Å². The van der Waals surface area contributed by atoms with Crippen molar-refractivity contribution in [3.8, 4) is 0 Å². The number of carbonyl (C=O) groups excluding carboxylic acids is 1. The summed E-state index contributed by atoms with van der Waals surface area (Å²) in [7, 11) is 0. The van der Waals surface area contributed by atoms with Crippen molar-refractivity contribution in [2.45, 2.75) is 55.9 Å². The zero-order valence-electron chi connectivity index (χ0n) is 15.3. The molecule has 1 saturated heterocycles. The lowest BCUT2D eigenvalue weighted by atomic mass is 9.87. The highest BCUT2D eigenvalue weighted by Gasteiger charge is 2.39. The van der Waals surface area contributed by atoms with Crippen molar-refractivity contribution in [2.75, 3.05) is 13.1 Å². The topological polar surface area (TPSA) is 32.3 Å². The number of alkyl halides is 3. The first-order valence-corrected chi connectivity index (χ1v) is 9.84. The number of hydrogen-bond donors (Lipinski definition) is 1. The normalized spacial score (nSPS) is 18.8. The van der Waals surface area contributed by atoms with Gasteiger partial charge in [-0.2, -0.15) is 0 Å². The van der Waals surface area contributed by atoms with Crippen LogP contribution in [-0.2, 0) is 5.41 Å². The van der Waals surface area contributed by atoms with Gasteiger partial charge in [0.2, 0.25) is 3.79 Å². The molecular weight excluding hydrogens is 379 g/mol. The molecule has 0 bridgehead atoms. The van der Waals surface area contributed by atoms with Gasteiger partial charge in [0.15, 0.2) is 0 Å². The van der Waals surface area contributed by atoms with Crippen LogP contribution in [0.4, 0.5) is 0 Å². The van der Waals surface area contributed by atoms with Crippen molar-refractivity contribution < 1.29 is 4.79 Å². The van der Waals surface area contributed by atoms with Crippen LogP contribution in [0.2, 0.25) is 0 Å². The van der Waals surface area contributed by atoms with E-state index in [9.17, 15) is 4.79 Å². The van der Waals surface area contributed by atoms with Crippen LogP contribution in [0, 0.1) is 5.92 Å². The SMILES string of the molecule is CC1CCN(C(NC(=O)c2ccc(C(C)(C)C)cc2)C(Cl)(Cl)Cl)CC1. The maximum absolute atomic E-state index is 12.7. The molecule has 3 nitrogen and oxygen atoms in total. The Balaban J connectivity index is 2.11. The van der Waals surface area contributed by atoms with Gasteiger partial charge in [-0.15, -0.1) is 0 Å². The zero-order chi connectivity index (χ0) is 18.8. The van der Waals surface area contributed by atoms with Gasteiger partial charge in [-0.3, -0.25) is 9.69 Å². The van der Waals surface area contributed by atoms with Crippen molar-refractivity contribution in [3.63, 3.8) is 0 Å². The molecule has 0 radical (unpaired) electrons. The molecule has 25 heavy (non-hydrogen) atoms. The lowest BCUT2D eigenvalue weighted by molar-refractivity contribution is 0.0785. The highest BCUT2D eigenvalue weighted by molar-refractivity contribution is 6.68. The quantitative estimate of drug-likeness (QED) is 0.706. The lowest BCUT2D eigenvalue weighted by Gasteiger charge is -2.40. The predicted molar refractivity (Wildman–Crippen MR) is 107 cm³/mol. The van der Waals surface area contributed by atoms with E-state index in [-0.39, 0.29) is 11.3 Å². The summed E-state index contributed by atoms with van der Waals surface area (Å²) in [6, 6.07) is 7.59. The summed E-state index contributed by atoms with van der Waals surface area (Å²) in [5, 5.41) is 2.91. The van der Waals surface area contributed by atoms with Crippen molar-refractivity contribution >= 4 is 40.7 Å². The van der Waals surface area contributed by atoms with Crippen molar-refractivity contribution in [2.24, 2.45) is 5.92 Å². The summed E-state index contributed by atoms with van der Waals surface area (Å²) in [4.78, 5) is 14.7. The fourth-order valence-corrected chi connectivity index (χ4v) is 3.57. The van der Waals surface area contributed by atoms with Gasteiger partial charge in [-0.25, -0.2) is 0 Å². The largest absolute Gasteiger partial charge is 0.332 e. The van der Waals surface area contributed by atoms with Crippen molar-refractivity contribution in [3.05, 3.63) is 35.4 Å². The Kier molecular flexibility index (Phi) is 6.70. The Labute approximate surface area is 166 Å². The third-order valence-electron chi connectivity index (χ3n) is 4.77. The van der Waals surface area contributed by atoms with Gasteiger partial charge in [0, 0.05) is 18.7 Å². The molecule has 1 aliphatic heterocycles. The highest BCUT2D eigenvalue weighted by atomic mass is 35.6. The molecule has 1 N–H and O–H groups in total. The molecular formula is C19H27Cl3N2O. The standard InChI is InChI=1S/C19H27Cl3N2O/c1-13-9-11-24(12-10-13)17(19(20,21)22)23-16(25)14-5-7-15(8-6-14)18(2,3)4/h5-8,13,17H,9-12H2,1-4H3,(H,23,25). The van der Waals surface area contributed by atoms with Crippen LogP contribution in [-0.4, -0.2) is 33.9 Å². The Morgan fingerprint density at radius 2 is 1.64 bits per heavy atom. The second-order valence-corrected chi connectivity index (χ2v) is 10.3. The molecule has 6 heteroatoms. The minimum Gasteiger partial charge on any atom is -0.332 e. The minimum atomic E-state index is -1.58. The lowest BCUT2D eigenvalue weighted by Crippen LogP contribution is -2.57. The molecule has 1 atom stereocenters. The smallest absolute Gasteiger partial charge is 0.252 e. The number of likely N-dealkylation sites (tertiary alicyclic amines) is 1. The van der Waals surface area contributed by atoms with Crippen LogP contribution >= 0.6 is 34.8 Å². The van der Waals surface area contributed by atoms with Gasteiger partial charge in [-0.05, 0) is 41.9 Å². The van der Waals surface area contributed by atoms with E-state index >= 15 is 0 Å². The number of halogens is 3. The number of piperidine rings is 1. The molecule has 140 valence electrons. The summed E-state index contributed by atoms with van der Waals surface area (Å²) in [5.74, 6) is 0.434. The maximum Gasteiger partial charge on any atom is 0.252 e. The van der Waals surface area contributed by atoms with Gasteiger partial charge in [0.25, 0.3) is 5.91 Å². The zero-order valence-corrected chi connectivity index (χ0v) is 17.5. The summed E-state index contributed by atoms with van der Waals surface area (Å²) < 4.78 is -1.58. The second-order valence-electron chi connectivity index (χ2n) is 7.96. The number of benzene rings is 1. The van der Waals surface area contributed by atoms with E-state index in [1.807, 2.05) is 24.3 Å². The van der Waals surface area contributed by atoms with Gasteiger partial charge >= 0.3 is 0 Å². The number of carbonyl (C=O) groups is 1.